The van der Waals surface area contributed by atoms with Crippen LogP contribution >= 0.6 is 0 Å². The number of methoxy groups -OCH3 is 1. The van der Waals surface area contributed by atoms with Crippen molar-refractivity contribution in [3.05, 3.63) is 72.1 Å². The molecule has 4 rings (SSSR count). The fourth-order valence-corrected chi connectivity index (χ4v) is 2.80. The molecule has 0 aliphatic rings. The molecule has 0 aliphatic heterocycles. The van der Waals surface area contributed by atoms with Crippen molar-refractivity contribution >= 4 is 27.8 Å². The van der Waals surface area contributed by atoms with Crippen LogP contribution in [0.3, 0.4) is 0 Å². The van der Waals surface area contributed by atoms with Gasteiger partial charge in [-0.05, 0) is 24.3 Å². The Morgan fingerprint density at radius 2 is 2.00 bits per heavy atom. The van der Waals surface area contributed by atoms with E-state index in [-0.39, 0.29) is 0 Å². The van der Waals surface area contributed by atoms with Crippen LogP contribution in [-0.4, -0.2) is 17.6 Å². The largest absolute Gasteiger partial charge is 0.465 e. The Morgan fingerprint density at radius 1 is 1.17 bits per heavy atom. The van der Waals surface area contributed by atoms with Crippen molar-refractivity contribution in [2.45, 2.75) is 6.52 Å². The zero-order valence-corrected chi connectivity index (χ0v) is 12.5. The van der Waals surface area contributed by atoms with Gasteiger partial charge in [0.1, 0.15) is 11.3 Å². The first-order valence-electron chi connectivity index (χ1n) is 7.85. The molecule has 0 spiro atoms. The van der Waals surface area contributed by atoms with E-state index in [1.807, 2.05) is 42.5 Å². The zero-order valence-electron chi connectivity index (χ0n) is 13.5. The summed E-state index contributed by atoms with van der Waals surface area (Å²) in [5, 5.41) is 1.83. The number of benzene rings is 2. The molecule has 2 heterocycles. The maximum atomic E-state index is 12.1. The predicted molar refractivity (Wildman–Crippen MR) is 88.6 cm³/mol. The van der Waals surface area contributed by atoms with E-state index in [0.717, 1.165) is 16.4 Å². The average Bonchev–Trinajstić information content (AvgIpc) is 3.24. The predicted octanol–water partition coefficient (Wildman–Crippen LogP) is 4.22. The van der Waals surface area contributed by atoms with Crippen LogP contribution in [0.25, 0.3) is 21.9 Å². The summed E-state index contributed by atoms with van der Waals surface area (Å²) in [6.45, 7) is -0.791. The van der Waals surface area contributed by atoms with Crippen molar-refractivity contribution in [2.75, 3.05) is 7.11 Å². The summed E-state index contributed by atoms with van der Waals surface area (Å²) in [6.07, 6.45) is 1.79. The van der Waals surface area contributed by atoms with Crippen molar-refractivity contribution in [2.24, 2.45) is 0 Å². The summed E-state index contributed by atoms with van der Waals surface area (Å²) in [6, 6.07) is 16.8. The van der Waals surface area contributed by atoms with Gasteiger partial charge < -0.3 is 13.7 Å². The second-order valence-corrected chi connectivity index (χ2v) is 5.27. The Balaban J connectivity index is 1.87. The van der Waals surface area contributed by atoms with Crippen LogP contribution < -0.4 is 0 Å². The molecule has 0 fully saturated rings. The van der Waals surface area contributed by atoms with Crippen LogP contribution in [0, 0.1) is 0 Å². The molecule has 0 N–H and O–H groups in total. The Morgan fingerprint density at radius 3 is 2.83 bits per heavy atom. The monoisotopic (exact) mass is 306 g/mol. The van der Waals surface area contributed by atoms with E-state index < -0.39 is 12.5 Å². The first-order chi connectivity index (χ1) is 11.7. The number of fused-ring (bicyclic) bond motifs is 2. The standard InChI is InChI=1S/C19H15NO3/c1-22-19(21)16-7-4-6-13-9-10-20(18(13)16)12-15-11-14-5-2-3-8-17(14)23-15/h2-11H,12H2,1H3/i12D. The molecule has 2 aromatic carbocycles. The van der Waals surface area contributed by atoms with Gasteiger partial charge in [0.15, 0.2) is 0 Å². The Bertz CT molecular complexity index is 1010. The van der Waals surface area contributed by atoms with E-state index in [1.165, 1.54) is 7.11 Å². The highest BCUT2D eigenvalue weighted by atomic mass is 16.5. The van der Waals surface area contributed by atoms with Crippen molar-refractivity contribution in [3.63, 3.8) is 0 Å². The lowest BCUT2D eigenvalue weighted by atomic mass is 10.1. The average molecular weight is 306 g/mol. The highest BCUT2D eigenvalue weighted by molar-refractivity contribution is 6.03. The van der Waals surface area contributed by atoms with Gasteiger partial charge in [0.25, 0.3) is 0 Å². The highest BCUT2D eigenvalue weighted by Crippen LogP contribution is 2.24. The maximum Gasteiger partial charge on any atom is 0.340 e. The fourth-order valence-electron chi connectivity index (χ4n) is 2.80. The normalized spacial score (nSPS) is 13.2. The van der Waals surface area contributed by atoms with Crippen molar-refractivity contribution in [3.8, 4) is 0 Å². The molecule has 2 aromatic heterocycles. The Kier molecular flexibility index (Phi) is 2.90. The summed E-state index contributed by atoms with van der Waals surface area (Å²) in [4.78, 5) is 12.1. The van der Waals surface area contributed by atoms with Gasteiger partial charge in [-0.25, -0.2) is 4.79 Å². The van der Waals surface area contributed by atoms with Gasteiger partial charge in [0.2, 0.25) is 0 Å². The SMILES string of the molecule is [2H]C(c1cc2ccccc2o1)n1ccc2cccc(C(=O)OC)c21. The third-order valence-corrected chi connectivity index (χ3v) is 3.86. The fraction of sp³-hybridized carbons (Fsp3) is 0.105. The highest BCUT2D eigenvalue weighted by Gasteiger charge is 2.14. The van der Waals surface area contributed by atoms with Crippen molar-refractivity contribution < 1.29 is 15.3 Å². The van der Waals surface area contributed by atoms with Gasteiger partial charge in [0.05, 0.1) is 26.1 Å². The third-order valence-electron chi connectivity index (χ3n) is 3.86. The summed E-state index contributed by atoms with van der Waals surface area (Å²) in [5.41, 5.74) is 1.85. The zero-order chi connectivity index (χ0) is 16.7. The summed E-state index contributed by atoms with van der Waals surface area (Å²) in [5.74, 6) is 0.103. The molecule has 0 saturated heterocycles. The lowest BCUT2D eigenvalue weighted by Gasteiger charge is -2.07. The molecule has 1 atom stereocenters. The number of hydrogen-bond acceptors (Lipinski definition) is 3. The van der Waals surface area contributed by atoms with Gasteiger partial charge in [-0.3, -0.25) is 0 Å². The maximum absolute atomic E-state index is 12.1. The van der Waals surface area contributed by atoms with Gasteiger partial charge in [-0.2, -0.15) is 0 Å². The number of nitrogens with zero attached hydrogens (tertiary/aromatic N) is 1. The molecule has 4 nitrogen and oxygen atoms in total. The van der Waals surface area contributed by atoms with Crippen LogP contribution in [0.5, 0.6) is 0 Å². The van der Waals surface area contributed by atoms with E-state index in [2.05, 4.69) is 0 Å². The molecular formula is C19H15NO3. The number of para-hydroxylation sites is 2. The molecule has 4 heteroatoms. The molecule has 1 unspecified atom stereocenters. The van der Waals surface area contributed by atoms with Gasteiger partial charge >= 0.3 is 5.97 Å². The summed E-state index contributed by atoms with van der Waals surface area (Å²) in [7, 11) is 1.35. The quantitative estimate of drug-likeness (QED) is 0.532. The van der Waals surface area contributed by atoms with Gasteiger partial charge in [-0.1, -0.05) is 30.3 Å². The number of hydrogen-bond donors (Lipinski definition) is 0. The van der Waals surface area contributed by atoms with Crippen LogP contribution in [0.4, 0.5) is 0 Å². The second-order valence-electron chi connectivity index (χ2n) is 5.27. The van der Waals surface area contributed by atoms with Crippen molar-refractivity contribution in [1.82, 2.24) is 4.57 Å². The number of carbonyl (C=O) groups excluding carboxylic acids is 1. The molecule has 0 radical (unpaired) electrons. The van der Waals surface area contributed by atoms with Gasteiger partial charge in [-0.15, -0.1) is 0 Å². The topological polar surface area (TPSA) is 44.4 Å². The molecule has 0 bridgehead atoms. The van der Waals surface area contributed by atoms with Crippen LogP contribution in [0.2, 0.25) is 0 Å². The number of rotatable bonds is 3. The molecule has 4 aromatic rings. The van der Waals surface area contributed by atoms with E-state index in [0.29, 0.717) is 16.8 Å². The number of ether oxygens (including phenoxy) is 1. The molecule has 0 saturated carbocycles. The van der Waals surface area contributed by atoms with E-state index >= 15 is 0 Å². The lowest BCUT2D eigenvalue weighted by Crippen LogP contribution is -2.06. The van der Waals surface area contributed by atoms with E-state index in [9.17, 15) is 4.79 Å². The minimum Gasteiger partial charge on any atom is -0.465 e. The molecular weight excluding hydrogens is 290 g/mol. The molecule has 114 valence electrons. The number of furan rings is 1. The molecule has 0 amide bonds. The van der Waals surface area contributed by atoms with Crippen LogP contribution in [-0.2, 0) is 11.3 Å². The summed E-state index contributed by atoms with van der Waals surface area (Å²) < 4.78 is 21.0. The first-order valence-corrected chi connectivity index (χ1v) is 7.27. The number of carbonyl (C=O) groups is 1. The van der Waals surface area contributed by atoms with E-state index in [1.54, 1.807) is 22.9 Å². The van der Waals surface area contributed by atoms with Gasteiger partial charge in [0, 0.05) is 17.0 Å². The second kappa shape index (κ2) is 5.32. The van der Waals surface area contributed by atoms with Crippen LogP contribution in [0.1, 0.15) is 17.5 Å². The first kappa shape index (κ1) is 12.5. The number of aromatic nitrogens is 1. The third kappa shape index (κ3) is 2.28. The lowest BCUT2D eigenvalue weighted by molar-refractivity contribution is 0.0602. The van der Waals surface area contributed by atoms with Crippen LogP contribution in [0.15, 0.2) is 65.2 Å². The van der Waals surface area contributed by atoms with Crippen molar-refractivity contribution in [1.29, 1.82) is 0 Å². The molecule has 0 aliphatic carbocycles. The number of esters is 1. The Hall–Kier alpha value is -3.01. The van der Waals surface area contributed by atoms with E-state index in [4.69, 9.17) is 10.5 Å². The smallest absolute Gasteiger partial charge is 0.340 e. The minimum atomic E-state index is -0.791. The summed E-state index contributed by atoms with van der Waals surface area (Å²) >= 11 is 0. The minimum absolute atomic E-state index is 0.419. The Labute approximate surface area is 134 Å². The molecule has 23 heavy (non-hydrogen) atoms.